The molecule has 132 valence electrons. The molecule has 0 radical (unpaired) electrons. The van der Waals surface area contributed by atoms with E-state index >= 15 is 0 Å². The Labute approximate surface area is 140 Å². The van der Waals surface area contributed by atoms with E-state index in [0.29, 0.717) is 37.5 Å². The smallest absolute Gasteiger partial charge is 0.339 e. The summed E-state index contributed by atoms with van der Waals surface area (Å²) < 4.78 is 5.33. The Kier molecular flexibility index (Phi) is 5.48. The number of carbonyl (C=O) groups excluding carboxylic acids is 2. The van der Waals surface area contributed by atoms with E-state index in [2.05, 4.69) is 5.32 Å². The highest BCUT2D eigenvalue weighted by molar-refractivity contribution is 5.88. The number of hydrogen-bond donors (Lipinski definition) is 2. The highest BCUT2D eigenvalue weighted by atomic mass is 16.4. The van der Waals surface area contributed by atoms with Gasteiger partial charge in [-0.2, -0.15) is 0 Å². The normalized spacial score (nSPS) is 15.2. The number of likely N-dealkylation sites (tertiary alicyclic amines) is 1. The van der Waals surface area contributed by atoms with E-state index in [0.717, 1.165) is 0 Å². The molecule has 1 fully saturated rings. The first-order valence-electron chi connectivity index (χ1n) is 7.86. The van der Waals surface area contributed by atoms with Gasteiger partial charge in [0.1, 0.15) is 17.1 Å². The molecule has 0 spiro atoms. The summed E-state index contributed by atoms with van der Waals surface area (Å²) in [7, 11) is 3.41. The van der Waals surface area contributed by atoms with Crippen LogP contribution in [0, 0.1) is 12.8 Å². The van der Waals surface area contributed by atoms with Crippen molar-refractivity contribution in [2.75, 3.05) is 27.2 Å². The molecule has 3 amide bonds. The van der Waals surface area contributed by atoms with Gasteiger partial charge in [0.2, 0.25) is 5.91 Å². The van der Waals surface area contributed by atoms with Gasteiger partial charge < -0.3 is 24.6 Å². The topological polar surface area (TPSA) is 103 Å². The Balaban J connectivity index is 1.83. The van der Waals surface area contributed by atoms with Crippen molar-refractivity contribution >= 4 is 17.9 Å². The molecule has 8 nitrogen and oxygen atoms in total. The van der Waals surface area contributed by atoms with Crippen LogP contribution in [0.4, 0.5) is 4.79 Å². The molecule has 1 aromatic rings. The zero-order chi connectivity index (χ0) is 17.9. The molecule has 0 saturated carbocycles. The molecule has 0 bridgehead atoms. The second-order valence-corrected chi connectivity index (χ2v) is 6.14. The van der Waals surface area contributed by atoms with E-state index in [1.807, 2.05) is 0 Å². The Morgan fingerprint density at radius 2 is 1.96 bits per heavy atom. The van der Waals surface area contributed by atoms with Gasteiger partial charge in [-0.25, -0.2) is 9.59 Å². The van der Waals surface area contributed by atoms with E-state index < -0.39 is 5.97 Å². The van der Waals surface area contributed by atoms with Crippen LogP contribution in [0.25, 0.3) is 0 Å². The van der Waals surface area contributed by atoms with Crippen LogP contribution in [-0.2, 0) is 11.3 Å². The van der Waals surface area contributed by atoms with Crippen LogP contribution in [0.1, 0.15) is 34.7 Å². The minimum atomic E-state index is -1.05. The largest absolute Gasteiger partial charge is 0.478 e. The number of piperidine rings is 1. The molecule has 1 aliphatic rings. The summed E-state index contributed by atoms with van der Waals surface area (Å²) in [5, 5.41) is 11.8. The van der Waals surface area contributed by atoms with Gasteiger partial charge in [-0.3, -0.25) is 4.79 Å². The van der Waals surface area contributed by atoms with Gasteiger partial charge in [0.25, 0.3) is 0 Å². The van der Waals surface area contributed by atoms with Crippen molar-refractivity contribution < 1.29 is 23.9 Å². The van der Waals surface area contributed by atoms with Gasteiger partial charge in [-0.05, 0) is 25.8 Å². The fourth-order valence-electron chi connectivity index (χ4n) is 2.78. The number of nitrogens with one attached hydrogen (secondary N) is 1. The minimum absolute atomic E-state index is 0.0406. The fourth-order valence-corrected chi connectivity index (χ4v) is 2.78. The summed E-state index contributed by atoms with van der Waals surface area (Å²) in [5.74, 6) is -0.559. The summed E-state index contributed by atoms with van der Waals surface area (Å²) in [6.45, 7) is 2.84. The van der Waals surface area contributed by atoms with Crippen molar-refractivity contribution in [3.63, 3.8) is 0 Å². The number of amides is 3. The summed E-state index contributed by atoms with van der Waals surface area (Å²) in [5.41, 5.74) is 0.106. The third-order valence-electron chi connectivity index (χ3n) is 4.15. The number of nitrogens with zero attached hydrogens (tertiary/aromatic N) is 2. The molecule has 0 atom stereocenters. The van der Waals surface area contributed by atoms with E-state index in [1.54, 1.807) is 25.9 Å². The van der Waals surface area contributed by atoms with Crippen LogP contribution in [0.2, 0.25) is 0 Å². The van der Waals surface area contributed by atoms with Crippen LogP contribution in [-0.4, -0.2) is 60.0 Å². The summed E-state index contributed by atoms with van der Waals surface area (Å²) in [4.78, 5) is 38.3. The number of hydrogen-bond acceptors (Lipinski definition) is 4. The Morgan fingerprint density at radius 3 is 2.46 bits per heavy atom. The van der Waals surface area contributed by atoms with Crippen LogP contribution >= 0.6 is 0 Å². The first-order chi connectivity index (χ1) is 11.3. The lowest BCUT2D eigenvalue weighted by molar-refractivity contribution is -0.126. The maximum atomic E-state index is 12.2. The van der Waals surface area contributed by atoms with Gasteiger partial charge in [0.05, 0.1) is 6.54 Å². The van der Waals surface area contributed by atoms with Crippen molar-refractivity contribution in [2.24, 2.45) is 5.92 Å². The Bertz CT molecular complexity index is 630. The van der Waals surface area contributed by atoms with E-state index in [4.69, 9.17) is 9.52 Å². The molecule has 0 unspecified atom stereocenters. The van der Waals surface area contributed by atoms with Gasteiger partial charge in [0, 0.05) is 33.1 Å². The molecule has 0 aliphatic carbocycles. The number of aromatic carboxylic acids is 1. The van der Waals surface area contributed by atoms with Crippen LogP contribution in [0.3, 0.4) is 0 Å². The fraction of sp³-hybridized carbons (Fsp3) is 0.562. The molecule has 8 heteroatoms. The molecule has 2 rings (SSSR count). The molecule has 1 aromatic heterocycles. The number of urea groups is 1. The average Bonchev–Trinajstić information content (AvgIpc) is 2.93. The first kappa shape index (κ1) is 17.8. The Hall–Kier alpha value is -2.51. The third-order valence-corrected chi connectivity index (χ3v) is 4.15. The molecule has 2 heterocycles. The van der Waals surface area contributed by atoms with E-state index in [9.17, 15) is 14.4 Å². The highest BCUT2D eigenvalue weighted by Crippen LogP contribution is 2.19. The molecule has 24 heavy (non-hydrogen) atoms. The molecule has 0 aromatic carbocycles. The standard InChI is InChI=1S/C16H23N3O5/c1-10-13(15(21)22)8-12(24-10)9-17-14(20)11-4-6-19(7-5-11)16(23)18(2)3/h8,11H,4-7,9H2,1-3H3,(H,17,20)(H,21,22). The SMILES string of the molecule is Cc1oc(CNC(=O)C2CCN(C(=O)N(C)C)CC2)cc1C(=O)O. The number of carbonyl (C=O) groups is 3. The predicted octanol–water partition coefficient (Wildman–Crippen LogP) is 1.30. The van der Waals surface area contributed by atoms with Crippen molar-refractivity contribution in [3.8, 4) is 0 Å². The number of carboxylic acid groups (broad SMARTS) is 1. The predicted molar refractivity (Wildman–Crippen MR) is 85.6 cm³/mol. The van der Waals surface area contributed by atoms with E-state index in [-0.39, 0.29) is 30.0 Å². The zero-order valence-electron chi connectivity index (χ0n) is 14.2. The number of rotatable bonds is 4. The van der Waals surface area contributed by atoms with Crippen molar-refractivity contribution in [1.29, 1.82) is 0 Å². The summed E-state index contributed by atoms with van der Waals surface area (Å²) in [6, 6.07) is 1.39. The third kappa shape index (κ3) is 4.06. The van der Waals surface area contributed by atoms with Gasteiger partial charge in [-0.15, -0.1) is 0 Å². The molecule has 1 aliphatic heterocycles. The van der Waals surface area contributed by atoms with Gasteiger partial charge in [0.15, 0.2) is 0 Å². The van der Waals surface area contributed by atoms with Gasteiger partial charge in [-0.1, -0.05) is 0 Å². The summed E-state index contributed by atoms with van der Waals surface area (Å²) in [6.07, 6.45) is 1.23. The maximum absolute atomic E-state index is 12.2. The van der Waals surface area contributed by atoms with Crippen molar-refractivity contribution in [2.45, 2.75) is 26.3 Å². The minimum Gasteiger partial charge on any atom is -0.478 e. The number of furan rings is 1. The molecule has 2 N–H and O–H groups in total. The van der Waals surface area contributed by atoms with Crippen molar-refractivity contribution in [1.82, 2.24) is 15.1 Å². The highest BCUT2D eigenvalue weighted by Gasteiger charge is 2.28. The second kappa shape index (κ2) is 7.37. The number of carboxylic acids is 1. The maximum Gasteiger partial charge on any atom is 0.339 e. The lowest BCUT2D eigenvalue weighted by atomic mass is 9.96. The van der Waals surface area contributed by atoms with Crippen LogP contribution in [0.15, 0.2) is 10.5 Å². The lowest BCUT2D eigenvalue weighted by Crippen LogP contribution is -2.46. The van der Waals surface area contributed by atoms with E-state index in [1.165, 1.54) is 11.0 Å². The quantitative estimate of drug-likeness (QED) is 0.862. The monoisotopic (exact) mass is 337 g/mol. The van der Waals surface area contributed by atoms with Gasteiger partial charge >= 0.3 is 12.0 Å². The zero-order valence-corrected chi connectivity index (χ0v) is 14.2. The van der Waals surface area contributed by atoms with Crippen LogP contribution in [0.5, 0.6) is 0 Å². The summed E-state index contributed by atoms with van der Waals surface area (Å²) >= 11 is 0. The van der Waals surface area contributed by atoms with Crippen LogP contribution < -0.4 is 5.32 Å². The molecular formula is C16H23N3O5. The average molecular weight is 337 g/mol. The Morgan fingerprint density at radius 1 is 1.33 bits per heavy atom. The molecular weight excluding hydrogens is 314 g/mol. The number of aryl methyl sites for hydroxylation is 1. The first-order valence-corrected chi connectivity index (χ1v) is 7.86. The molecule has 1 saturated heterocycles. The second-order valence-electron chi connectivity index (χ2n) is 6.14. The van der Waals surface area contributed by atoms with Crippen molar-refractivity contribution in [3.05, 3.63) is 23.2 Å². The lowest BCUT2D eigenvalue weighted by Gasteiger charge is -2.33.